The van der Waals surface area contributed by atoms with Crippen LogP contribution < -0.4 is 0 Å². The maximum atomic E-state index is 11.0. The second kappa shape index (κ2) is 3.85. The predicted octanol–water partition coefficient (Wildman–Crippen LogP) is 2.08. The zero-order valence-corrected chi connectivity index (χ0v) is 9.72. The van der Waals surface area contributed by atoms with Gasteiger partial charge in [0.15, 0.2) is 5.65 Å². The molecular weight excluding hydrogens is 256 g/mol. The Hall–Kier alpha value is -2.34. The number of fused-ring (bicyclic) bond motifs is 1. The third-order valence-electron chi connectivity index (χ3n) is 2.55. The normalized spacial score (nSPS) is 10.9. The number of carbonyl (C=O) groups is 1. The summed E-state index contributed by atoms with van der Waals surface area (Å²) in [5.74, 6) is -1.08. The summed E-state index contributed by atoms with van der Waals surface area (Å²) in [6.07, 6.45) is 4.74. The van der Waals surface area contributed by atoms with Crippen molar-refractivity contribution in [2.45, 2.75) is 0 Å². The molecule has 7 heteroatoms. The van der Waals surface area contributed by atoms with Crippen LogP contribution in [0.4, 0.5) is 0 Å². The summed E-state index contributed by atoms with van der Waals surface area (Å²) >= 11 is 6.05. The molecule has 0 saturated heterocycles. The number of hydrogen-bond donors (Lipinski definition) is 2. The van der Waals surface area contributed by atoms with Gasteiger partial charge in [0.2, 0.25) is 0 Å². The topological polar surface area (TPSA) is 83.3 Å². The Morgan fingerprint density at radius 3 is 3.00 bits per heavy atom. The van der Waals surface area contributed by atoms with E-state index >= 15 is 0 Å². The summed E-state index contributed by atoms with van der Waals surface area (Å²) in [5.41, 5.74) is 1.68. The SMILES string of the molecule is O=C(O)c1cnn2c(Cl)cc(-c3cc[nH]c3)nc12. The molecule has 3 aromatic rings. The number of hydrogen-bond acceptors (Lipinski definition) is 3. The van der Waals surface area contributed by atoms with Gasteiger partial charge in [-0.25, -0.2) is 14.3 Å². The number of carboxylic acid groups (broad SMARTS) is 1. The van der Waals surface area contributed by atoms with Gasteiger partial charge in [-0.1, -0.05) is 11.6 Å². The Bertz CT molecular complexity index is 733. The number of aromatic carboxylic acids is 1. The number of aromatic amines is 1. The summed E-state index contributed by atoms with van der Waals surface area (Å²) < 4.78 is 1.29. The molecule has 2 N–H and O–H groups in total. The molecule has 0 unspecified atom stereocenters. The molecule has 6 nitrogen and oxygen atoms in total. The molecule has 0 saturated carbocycles. The second-order valence-corrected chi connectivity index (χ2v) is 4.05. The fraction of sp³-hybridized carbons (Fsp3) is 0. The number of rotatable bonds is 2. The van der Waals surface area contributed by atoms with Crippen LogP contribution in [0.2, 0.25) is 5.15 Å². The van der Waals surface area contributed by atoms with Crippen molar-refractivity contribution in [2.75, 3.05) is 0 Å². The van der Waals surface area contributed by atoms with Crippen molar-refractivity contribution in [3.05, 3.63) is 41.4 Å². The van der Waals surface area contributed by atoms with Gasteiger partial charge in [-0.15, -0.1) is 0 Å². The highest BCUT2D eigenvalue weighted by molar-refractivity contribution is 6.30. The molecule has 0 fully saturated rings. The molecule has 18 heavy (non-hydrogen) atoms. The maximum absolute atomic E-state index is 11.0. The molecule has 0 bridgehead atoms. The monoisotopic (exact) mass is 262 g/mol. The Morgan fingerprint density at radius 1 is 1.50 bits per heavy atom. The van der Waals surface area contributed by atoms with E-state index in [4.69, 9.17) is 16.7 Å². The van der Waals surface area contributed by atoms with Gasteiger partial charge in [0.05, 0.1) is 11.9 Å². The van der Waals surface area contributed by atoms with Crippen LogP contribution in [0.3, 0.4) is 0 Å². The highest BCUT2D eigenvalue weighted by Gasteiger charge is 2.16. The first kappa shape index (κ1) is 10.8. The molecule has 3 rings (SSSR count). The van der Waals surface area contributed by atoms with E-state index in [1.54, 1.807) is 18.5 Å². The summed E-state index contributed by atoms with van der Waals surface area (Å²) in [6.45, 7) is 0. The van der Waals surface area contributed by atoms with Crippen molar-refractivity contribution in [2.24, 2.45) is 0 Å². The Labute approximate surface area is 106 Å². The zero-order valence-electron chi connectivity index (χ0n) is 8.96. The molecule has 0 aliphatic rings. The Kier molecular flexibility index (Phi) is 2.31. The molecule has 0 spiro atoms. The Balaban J connectivity index is 2.31. The van der Waals surface area contributed by atoms with Crippen LogP contribution in [0.1, 0.15) is 10.4 Å². The van der Waals surface area contributed by atoms with Gasteiger partial charge in [-0.2, -0.15) is 5.10 Å². The van der Waals surface area contributed by atoms with E-state index in [1.165, 1.54) is 10.7 Å². The van der Waals surface area contributed by atoms with Gasteiger partial charge in [-0.05, 0) is 6.07 Å². The lowest BCUT2D eigenvalue weighted by molar-refractivity contribution is 0.0699. The molecule has 0 aromatic carbocycles. The lowest BCUT2D eigenvalue weighted by atomic mass is 10.2. The summed E-state index contributed by atoms with van der Waals surface area (Å²) in [4.78, 5) is 18.2. The number of carboxylic acids is 1. The quantitative estimate of drug-likeness (QED) is 0.693. The minimum absolute atomic E-state index is 0.0225. The van der Waals surface area contributed by atoms with Crippen molar-refractivity contribution < 1.29 is 9.90 Å². The van der Waals surface area contributed by atoms with E-state index in [0.717, 1.165) is 5.56 Å². The molecule has 90 valence electrons. The van der Waals surface area contributed by atoms with Crippen molar-refractivity contribution in [1.82, 2.24) is 19.6 Å². The summed E-state index contributed by atoms with van der Waals surface area (Å²) in [5, 5.41) is 13.2. The van der Waals surface area contributed by atoms with Crippen LogP contribution in [-0.4, -0.2) is 30.7 Å². The number of H-pyrrole nitrogens is 1. The van der Waals surface area contributed by atoms with Gasteiger partial charge >= 0.3 is 5.97 Å². The van der Waals surface area contributed by atoms with Gasteiger partial charge in [0.25, 0.3) is 0 Å². The minimum Gasteiger partial charge on any atom is -0.477 e. The molecule has 0 aliphatic heterocycles. The van der Waals surface area contributed by atoms with E-state index in [-0.39, 0.29) is 11.2 Å². The van der Waals surface area contributed by atoms with Gasteiger partial charge in [0, 0.05) is 24.0 Å². The highest BCUT2D eigenvalue weighted by atomic mass is 35.5. The molecule has 0 atom stereocenters. The third kappa shape index (κ3) is 1.54. The van der Waals surface area contributed by atoms with Crippen LogP contribution in [0.5, 0.6) is 0 Å². The molecular formula is C11H7ClN4O2. The number of nitrogens with one attached hydrogen (secondary N) is 1. The molecule has 0 amide bonds. The molecule has 3 aromatic heterocycles. The number of aromatic nitrogens is 4. The lowest BCUT2D eigenvalue weighted by Gasteiger charge is -2.01. The van der Waals surface area contributed by atoms with Crippen LogP contribution in [0.25, 0.3) is 16.9 Å². The van der Waals surface area contributed by atoms with Crippen LogP contribution in [-0.2, 0) is 0 Å². The lowest BCUT2D eigenvalue weighted by Crippen LogP contribution is -1.99. The first-order valence-corrected chi connectivity index (χ1v) is 5.45. The molecule has 3 heterocycles. The fourth-order valence-electron chi connectivity index (χ4n) is 1.71. The van der Waals surface area contributed by atoms with Gasteiger partial charge in [0.1, 0.15) is 10.7 Å². The average molecular weight is 263 g/mol. The first-order valence-electron chi connectivity index (χ1n) is 5.07. The van der Waals surface area contributed by atoms with Crippen LogP contribution in [0, 0.1) is 0 Å². The zero-order chi connectivity index (χ0) is 12.7. The van der Waals surface area contributed by atoms with Crippen molar-refractivity contribution >= 4 is 23.2 Å². The van der Waals surface area contributed by atoms with E-state index < -0.39 is 5.97 Å². The van der Waals surface area contributed by atoms with Crippen LogP contribution in [0.15, 0.2) is 30.7 Å². The number of nitrogens with zero attached hydrogens (tertiary/aromatic N) is 3. The summed E-state index contributed by atoms with van der Waals surface area (Å²) in [6, 6.07) is 3.46. The molecule has 0 radical (unpaired) electrons. The fourth-order valence-corrected chi connectivity index (χ4v) is 1.94. The smallest absolute Gasteiger partial charge is 0.341 e. The largest absolute Gasteiger partial charge is 0.477 e. The van der Waals surface area contributed by atoms with Gasteiger partial charge in [-0.3, -0.25) is 0 Å². The van der Waals surface area contributed by atoms with E-state index in [1.807, 2.05) is 6.07 Å². The maximum Gasteiger partial charge on any atom is 0.341 e. The average Bonchev–Trinajstić information content (AvgIpc) is 2.97. The van der Waals surface area contributed by atoms with Gasteiger partial charge < -0.3 is 10.1 Å². The highest BCUT2D eigenvalue weighted by Crippen LogP contribution is 2.23. The minimum atomic E-state index is -1.08. The van der Waals surface area contributed by atoms with Crippen molar-refractivity contribution in [3.63, 3.8) is 0 Å². The van der Waals surface area contributed by atoms with E-state index in [9.17, 15) is 4.79 Å². The third-order valence-corrected chi connectivity index (χ3v) is 2.82. The first-order chi connectivity index (χ1) is 8.66. The second-order valence-electron chi connectivity index (χ2n) is 3.66. The Morgan fingerprint density at radius 2 is 2.33 bits per heavy atom. The standard InChI is InChI=1S/C11H7ClN4O2/c12-9-3-8(6-1-2-13-4-6)15-10-7(11(17)18)5-14-16(9)10/h1-5,13H,(H,17,18). The van der Waals surface area contributed by atoms with E-state index in [0.29, 0.717) is 10.8 Å². The summed E-state index contributed by atoms with van der Waals surface area (Å²) in [7, 11) is 0. The van der Waals surface area contributed by atoms with Crippen molar-refractivity contribution in [3.8, 4) is 11.3 Å². The molecule has 0 aliphatic carbocycles. The van der Waals surface area contributed by atoms with E-state index in [2.05, 4.69) is 15.1 Å². The number of halogens is 1. The van der Waals surface area contributed by atoms with Crippen molar-refractivity contribution in [1.29, 1.82) is 0 Å². The predicted molar refractivity (Wildman–Crippen MR) is 64.7 cm³/mol. The van der Waals surface area contributed by atoms with Crippen LogP contribution >= 0.6 is 11.6 Å².